The van der Waals surface area contributed by atoms with Gasteiger partial charge in [-0.3, -0.25) is 9.69 Å². The van der Waals surface area contributed by atoms with Gasteiger partial charge in [-0.25, -0.2) is 0 Å². The largest absolute Gasteiger partial charge is 0.468 e. The molecule has 21 heavy (non-hydrogen) atoms. The number of hydrogen-bond acceptors (Lipinski definition) is 5. The molecule has 0 spiro atoms. The Bertz CT molecular complexity index is 338. The van der Waals surface area contributed by atoms with Crippen LogP contribution in [0.3, 0.4) is 0 Å². The maximum Gasteiger partial charge on any atom is 0.325 e. The highest BCUT2D eigenvalue weighted by Gasteiger charge is 2.35. The Labute approximate surface area is 129 Å². The van der Waals surface area contributed by atoms with Gasteiger partial charge in [-0.05, 0) is 39.2 Å². The molecular formula is C16H31N3O2. The summed E-state index contributed by atoms with van der Waals surface area (Å²) in [6.45, 7) is 10.5. The fourth-order valence-electron chi connectivity index (χ4n) is 3.06. The molecule has 0 aromatic heterocycles. The predicted octanol–water partition coefficient (Wildman–Crippen LogP) is 1.09. The molecule has 0 radical (unpaired) electrons. The van der Waals surface area contributed by atoms with Crippen LogP contribution in [-0.2, 0) is 9.53 Å². The van der Waals surface area contributed by atoms with Crippen molar-refractivity contribution in [3.8, 4) is 0 Å². The SMILES string of the molecule is CCCNC(C)(CCN1CCN(C2CC2)CC1)C(=O)OC. The number of carbonyl (C=O) groups excluding carboxylic acids is 1. The van der Waals surface area contributed by atoms with Crippen molar-refractivity contribution in [2.75, 3.05) is 46.4 Å². The lowest BCUT2D eigenvalue weighted by atomic mass is 9.97. The molecule has 5 nitrogen and oxygen atoms in total. The van der Waals surface area contributed by atoms with E-state index in [1.54, 1.807) is 0 Å². The van der Waals surface area contributed by atoms with Crippen LogP contribution in [0.5, 0.6) is 0 Å². The van der Waals surface area contributed by atoms with Gasteiger partial charge >= 0.3 is 5.97 Å². The summed E-state index contributed by atoms with van der Waals surface area (Å²) in [6.07, 6.45) is 4.61. The van der Waals surface area contributed by atoms with E-state index >= 15 is 0 Å². The van der Waals surface area contributed by atoms with Crippen molar-refractivity contribution in [3.05, 3.63) is 0 Å². The lowest BCUT2D eigenvalue weighted by molar-refractivity contribution is -0.148. The quantitative estimate of drug-likeness (QED) is 0.680. The summed E-state index contributed by atoms with van der Waals surface area (Å²) in [5, 5.41) is 3.36. The Morgan fingerprint density at radius 3 is 2.48 bits per heavy atom. The van der Waals surface area contributed by atoms with E-state index in [2.05, 4.69) is 22.0 Å². The minimum absolute atomic E-state index is 0.146. The highest BCUT2D eigenvalue weighted by Crippen LogP contribution is 2.27. The molecule has 1 N–H and O–H groups in total. The van der Waals surface area contributed by atoms with Gasteiger partial charge in [0.2, 0.25) is 0 Å². The molecule has 1 aliphatic carbocycles. The zero-order valence-corrected chi connectivity index (χ0v) is 13.9. The molecule has 1 saturated carbocycles. The van der Waals surface area contributed by atoms with Crippen LogP contribution in [0.4, 0.5) is 0 Å². The molecule has 0 aromatic carbocycles. The van der Waals surface area contributed by atoms with Gasteiger partial charge in [0.05, 0.1) is 7.11 Å². The molecule has 0 bridgehead atoms. The second-order valence-electron chi connectivity index (χ2n) is 6.61. The van der Waals surface area contributed by atoms with E-state index < -0.39 is 5.54 Å². The van der Waals surface area contributed by atoms with Crippen LogP contribution in [0.15, 0.2) is 0 Å². The van der Waals surface area contributed by atoms with Gasteiger partial charge in [0, 0.05) is 38.8 Å². The van der Waals surface area contributed by atoms with Crippen LogP contribution >= 0.6 is 0 Å². The zero-order valence-electron chi connectivity index (χ0n) is 13.9. The summed E-state index contributed by atoms with van der Waals surface area (Å²) in [7, 11) is 1.47. The fourth-order valence-corrected chi connectivity index (χ4v) is 3.06. The fraction of sp³-hybridized carbons (Fsp3) is 0.938. The van der Waals surface area contributed by atoms with Crippen LogP contribution < -0.4 is 5.32 Å². The van der Waals surface area contributed by atoms with Crippen LogP contribution in [0.1, 0.15) is 39.5 Å². The number of rotatable bonds is 8. The Kier molecular flexibility index (Phi) is 6.02. The number of ether oxygens (including phenoxy) is 1. The van der Waals surface area contributed by atoms with E-state index in [4.69, 9.17) is 4.74 Å². The van der Waals surface area contributed by atoms with Crippen LogP contribution in [0.2, 0.25) is 0 Å². The first-order valence-corrected chi connectivity index (χ1v) is 8.39. The van der Waals surface area contributed by atoms with E-state index in [1.165, 1.54) is 33.0 Å². The summed E-state index contributed by atoms with van der Waals surface area (Å²) >= 11 is 0. The summed E-state index contributed by atoms with van der Waals surface area (Å²) in [5.74, 6) is -0.146. The van der Waals surface area contributed by atoms with Crippen molar-refractivity contribution in [2.24, 2.45) is 0 Å². The van der Waals surface area contributed by atoms with E-state index in [-0.39, 0.29) is 5.97 Å². The number of esters is 1. The number of nitrogens with zero attached hydrogens (tertiary/aromatic N) is 2. The van der Waals surface area contributed by atoms with Gasteiger partial charge in [0.15, 0.2) is 0 Å². The summed E-state index contributed by atoms with van der Waals surface area (Å²) in [6, 6.07) is 0.874. The molecule has 1 unspecified atom stereocenters. The van der Waals surface area contributed by atoms with Gasteiger partial charge in [-0.15, -0.1) is 0 Å². The third-order valence-corrected chi connectivity index (χ3v) is 4.80. The predicted molar refractivity (Wildman–Crippen MR) is 84.4 cm³/mol. The van der Waals surface area contributed by atoms with Crippen LogP contribution in [-0.4, -0.2) is 73.7 Å². The molecule has 2 fully saturated rings. The van der Waals surface area contributed by atoms with Crippen LogP contribution in [0, 0.1) is 0 Å². The lowest BCUT2D eigenvalue weighted by Gasteiger charge is -2.37. The van der Waals surface area contributed by atoms with Gasteiger partial charge in [0.25, 0.3) is 0 Å². The standard InChI is InChI=1S/C16H31N3O2/c1-4-8-17-16(2,15(20)21-3)7-9-18-10-12-19(13-11-18)14-5-6-14/h14,17H,4-13H2,1-3H3. The minimum Gasteiger partial charge on any atom is -0.468 e. The van der Waals surface area contributed by atoms with Crippen molar-refractivity contribution in [2.45, 2.75) is 51.1 Å². The van der Waals surface area contributed by atoms with Crippen molar-refractivity contribution < 1.29 is 9.53 Å². The molecule has 1 atom stereocenters. The van der Waals surface area contributed by atoms with E-state index in [1.807, 2.05) is 6.92 Å². The highest BCUT2D eigenvalue weighted by molar-refractivity contribution is 5.80. The molecule has 122 valence electrons. The monoisotopic (exact) mass is 297 g/mol. The molecule has 1 saturated heterocycles. The van der Waals surface area contributed by atoms with Gasteiger partial charge in [-0.1, -0.05) is 6.92 Å². The zero-order chi connectivity index (χ0) is 15.3. The molecule has 1 aliphatic heterocycles. The third-order valence-electron chi connectivity index (χ3n) is 4.80. The van der Waals surface area contributed by atoms with E-state index in [0.29, 0.717) is 0 Å². The number of methoxy groups -OCH3 is 1. The number of carbonyl (C=O) groups is 1. The summed E-state index contributed by atoms with van der Waals surface area (Å²) < 4.78 is 4.98. The third kappa shape index (κ3) is 4.66. The van der Waals surface area contributed by atoms with Crippen molar-refractivity contribution in [1.29, 1.82) is 0 Å². The number of nitrogens with one attached hydrogen (secondary N) is 1. The summed E-state index contributed by atoms with van der Waals surface area (Å²) in [5.41, 5.74) is -0.557. The number of hydrogen-bond donors (Lipinski definition) is 1. The van der Waals surface area contributed by atoms with Gasteiger partial charge in [0.1, 0.15) is 5.54 Å². The minimum atomic E-state index is -0.557. The first-order chi connectivity index (χ1) is 10.1. The molecule has 2 rings (SSSR count). The lowest BCUT2D eigenvalue weighted by Crippen LogP contribution is -2.54. The van der Waals surface area contributed by atoms with E-state index in [0.717, 1.165) is 45.1 Å². The molecule has 5 heteroatoms. The Morgan fingerprint density at radius 2 is 1.95 bits per heavy atom. The average molecular weight is 297 g/mol. The second-order valence-corrected chi connectivity index (χ2v) is 6.61. The topological polar surface area (TPSA) is 44.8 Å². The average Bonchev–Trinajstić information content (AvgIpc) is 3.35. The second kappa shape index (κ2) is 7.56. The maximum atomic E-state index is 12.1. The van der Waals surface area contributed by atoms with Gasteiger partial charge < -0.3 is 15.0 Å². The Morgan fingerprint density at radius 1 is 1.29 bits per heavy atom. The molecule has 0 amide bonds. The first kappa shape index (κ1) is 16.7. The normalized spacial score (nSPS) is 23.8. The highest BCUT2D eigenvalue weighted by atomic mass is 16.5. The van der Waals surface area contributed by atoms with Gasteiger partial charge in [-0.2, -0.15) is 0 Å². The first-order valence-electron chi connectivity index (χ1n) is 8.39. The van der Waals surface area contributed by atoms with Crippen molar-refractivity contribution in [1.82, 2.24) is 15.1 Å². The molecule has 2 aliphatic rings. The van der Waals surface area contributed by atoms with Crippen molar-refractivity contribution in [3.63, 3.8) is 0 Å². The molecule has 0 aromatic rings. The summed E-state index contributed by atoms with van der Waals surface area (Å²) in [4.78, 5) is 17.1. The van der Waals surface area contributed by atoms with Crippen LogP contribution in [0.25, 0.3) is 0 Å². The molecular weight excluding hydrogens is 266 g/mol. The van der Waals surface area contributed by atoms with E-state index in [9.17, 15) is 4.79 Å². The smallest absolute Gasteiger partial charge is 0.325 e. The Balaban J connectivity index is 1.76. The number of piperazine rings is 1. The van der Waals surface area contributed by atoms with Crippen molar-refractivity contribution >= 4 is 5.97 Å². The maximum absolute atomic E-state index is 12.1. The molecule has 1 heterocycles. The Hall–Kier alpha value is -0.650.